The summed E-state index contributed by atoms with van der Waals surface area (Å²) in [5.74, 6) is -6.85. The first-order chi connectivity index (χ1) is 11.3. The number of hydrogen-bond acceptors (Lipinski definition) is 4. The zero-order chi connectivity index (χ0) is 19.3. The van der Waals surface area contributed by atoms with Crippen LogP contribution in [-0.2, 0) is 21.1 Å². The highest BCUT2D eigenvalue weighted by molar-refractivity contribution is 7.90. The minimum Gasteiger partial charge on any atom is -0.768 e. The van der Waals surface area contributed by atoms with E-state index in [-0.39, 0.29) is 22.6 Å². The summed E-state index contributed by atoms with van der Waals surface area (Å²) in [5.41, 5.74) is 0. The molecule has 2 rings (SSSR count). The van der Waals surface area contributed by atoms with Crippen LogP contribution in [0.1, 0.15) is 32.1 Å². The van der Waals surface area contributed by atoms with Gasteiger partial charge in [0.1, 0.15) is 0 Å². The van der Waals surface area contributed by atoms with Gasteiger partial charge < -0.3 is 4.55 Å². The molecule has 3 unspecified atom stereocenters. The molecule has 0 N–H and O–H groups in total. The summed E-state index contributed by atoms with van der Waals surface area (Å²) in [6, 6.07) is 0. The van der Waals surface area contributed by atoms with E-state index in [0.29, 0.717) is 6.42 Å². The zero-order valence-corrected chi connectivity index (χ0v) is 14.4. The molecule has 1 saturated carbocycles. The van der Waals surface area contributed by atoms with Gasteiger partial charge >= 0.3 is 16.4 Å². The predicted molar refractivity (Wildman–Crippen MR) is 74.3 cm³/mol. The molecule has 0 amide bonds. The third-order valence-electron chi connectivity index (χ3n) is 4.86. The number of rotatable bonds is 5. The highest BCUT2D eigenvalue weighted by atomic mass is 32.2. The molecule has 13 heteroatoms. The molecule has 0 radical (unpaired) electrons. The molecule has 148 valence electrons. The van der Waals surface area contributed by atoms with E-state index < -0.39 is 50.6 Å². The highest BCUT2D eigenvalue weighted by Gasteiger charge is 2.79. The largest absolute Gasteiger partial charge is 0.768 e. The van der Waals surface area contributed by atoms with Gasteiger partial charge in [0.2, 0.25) is 0 Å². The van der Waals surface area contributed by atoms with E-state index >= 15 is 0 Å². The fourth-order valence-electron chi connectivity index (χ4n) is 3.38. The molecular weight excluding hydrogens is 400 g/mol. The second-order valence-corrected chi connectivity index (χ2v) is 9.26. The summed E-state index contributed by atoms with van der Waals surface area (Å²) in [6.45, 7) is -0.966. The quantitative estimate of drug-likeness (QED) is 0.510. The van der Waals surface area contributed by atoms with Crippen molar-refractivity contribution in [1.82, 2.24) is 4.31 Å². The molecule has 0 aromatic carbocycles. The van der Waals surface area contributed by atoms with Gasteiger partial charge in [0, 0.05) is 24.2 Å². The van der Waals surface area contributed by atoms with Crippen molar-refractivity contribution in [2.75, 3.05) is 13.1 Å². The molecule has 2 fully saturated rings. The Labute approximate surface area is 143 Å². The topological polar surface area (TPSA) is 77.5 Å². The number of fused-ring (bicyclic) bond motifs is 1. The SMILES string of the molecule is O=S([O-])C(F)(F)C(F)(F)C(F)(F)S(=O)(=O)N1CCC2CCCCC2C1. The predicted octanol–water partition coefficient (Wildman–Crippen LogP) is 2.53. The number of piperidine rings is 1. The Hall–Kier alpha value is -0.400. The summed E-state index contributed by atoms with van der Waals surface area (Å²) >= 11 is -4.93. The lowest BCUT2D eigenvalue weighted by Gasteiger charge is -2.42. The van der Waals surface area contributed by atoms with Gasteiger partial charge in [0.25, 0.3) is 10.0 Å². The van der Waals surface area contributed by atoms with Crippen LogP contribution in [0.15, 0.2) is 0 Å². The van der Waals surface area contributed by atoms with Crippen molar-refractivity contribution in [3.8, 4) is 0 Å². The monoisotopic (exact) mass is 416 g/mol. The lowest BCUT2D eigenvalue weighted by atomic mass is 9.76. The first-order valence-electron chi connectivity index (χ1n) is 7.49. The molecule has 25 heavy (non-hydrogen) atoms. The number of halogens is 6. The van der Waals surface area contributed by atoms with Crippen LogP contribution in [0.3, 0.4) is 0 Å². The van der Waals surface area contributed by atoms with Crippen LogP contribution in [0.4, 0.5) is 26.3 Å². The number of alkyl halides is 6. The molecule has 0 aromatic rings. The van der Waals surface area contributed by atoms with Gasteiger partial charge in [-0.3, -0.25) is 4.21 Å². The minimum absolute atomic E-state index is 0.0740. The molecule has 1 aliphatic heterocycles. The van der Waals surface area contributed by atoms with Gasteiger partial charge in [-0.05, 0) is 24.7 Å². The van der Waals surface area contributed by atoms with Gasteiger partial charge in [0.15, 0.2) is 0 Å². The maximum absolute atomic E-state index is 13.9. The van der Waals surface area contributed by atoms with Crippen molar-refractivity contribution in [3.63, 3.8) is 0 Å². The summed E-state index contributed by atoms with van der Waals surface area (Å²) in [7, 11) is -6.19. The van der Waals surface area contributed by atoms with E-state index in [1.165, 1.54) is 0 Å². The lowest BCUT2D eigenvalue weighted by Crippen LogP contribution is -2.63. The van der Waals surface area contributed by atoms with Gasteiger partial charge in [-0.15, -0.1) is 0 Å². The molecule has 1 saturated heterocycles. The highest BCUT2D eigenvalue weighted by Crippen LogP contribution is 2.51. The molecule has 0 spiro atoms. The number of hydrogen-bond donors (Lipinski definition) is 0. The fourth-order valence-corrected chi connectivity index (χ4v) is 5.30. The van der Waals surface area contributed by atoms with Crippen molar-refractivity contribution in [2.45, 2.75) is 48.5 Å². The van der Waals surface area contributed by atoms with Crippen molar-refractivity contribution >= 4 is 21.1 Å². The first kappa shape index (κ1) is 20.9. The summed E-state index contributed by atoms with van der Waals surface area (Å²) in [4.78, 5) is 0. The van der Waals surface area contributed by atoms with Gasteiger partial charge in [-0.2, -0.15) is 30.6 Å². The molecular formula is C12H16F6NO4S2-. The second kappa shape index (κ2) is 6.64. The van der Waals surface area contributed by atoms with Crippen molar-refractivity contribution in [1.29, 1.82) is 0 Å². The standard InChI is InChI=1S/C12H17F6NO4S2/c13-10(14,11(15,16)24(20)21)12(17,18)25(22,23)19-6-5-8-3-1-2-4-9(8)7-19/h8-9H,1-7H2,(H,20,21)/p-1. The Bertz CT molecular complexity index is 642. The van der Waals surface area contributed by atoms with Gasteiger partial charge in [-0.1, -0.05) is 19.3 Å². The molecule has 0 bridgehead atoms. The first-order valence-corrected chi connectivity index (χ1v) is 10.0. The Morgan fingerprint density at radius 1 is 0.960 bits per heavy atom. The zero-order valence-electron chi connectivity index (χ0n) is 12.8. The van der Waals surface area contributed by atoms with Crippen molar-refractivity contribution in [2.24, 2.45) is 11.8 Å². The van der Waals surface area contributed by atoms with Crippen LogP contribution in [0, 0.1) is 11.8 Å². The molecule has 3 atom stereocenters. The maximum atomic E-state index is 13.9. The van der Waals surface area contributed by atoms with Crippen LogP contribution >= 0.6 is 0 Å². The van der Waals surface area contributed by atoms with Crippen LogP contribution in [-0.4, -0.2) is 51.0 Å². The smallest absolute Gasteiger partial charge is 0.428 e. The molecule has 0 aromatic heterocycles. The lowest BCUT2D eigenvalue weighted by molar-refractivity contribution is -0.245. The second-order valence-electron chi connectivity index (χ2n) is 6.30. The average molecular weight is 416 g/mol. The van der Waals surface area contributed by atoms with Crippen molar-refractivity contribution < 1.29 is 43.5 Å². The Kier molecular flexibility index (Phi) is 5.55. The van der Waals surface area contributed by atoms with E-state index in [1.807, 2.05) is 0 Å². The fraction of sp³-hybridized carbons (Fsp3) is 1.00. The normalized spacial score (nSPS) is 28.4. The van der Waals surface area contributed by atoms with E-state index in [9.17, 15) is 43.5 Å². The Morgan fingerprint density at radius 3 is 2.00 bits per heavy atom. The number of nitrogens with zero attached hydrogens (tertiary/aromatic N) is 1. The van der Waals surface area contributed by atoms with Crippen LogP contribution < -0.4 is 0 Å². The van der Waals surface area contributed by atoms with Crippen molar-refractivity contribution in [3.05, 3.63) is 0 Å². The van der Waals surface area contributed by atoms with E-state index in [4.69, 9.17) is 0 Å². The molecule has 2 aliphatic rings. The van der Waals surface area contributed by atoms with E-state index in [0.717, 1.165) is 19.3 Å². The molecule has 1 aliphatic carbocycles. The third kappa shape index (κ3) is 3.21. The Morgan fingerprint density at radius 2 is 1.48 bits per heavy atom. The molecule has 1 heterocycles. The van der Waals surface area contributed by atoms with Crippen LogP contribution in [0.25, 0.3) is 0 Å². The number of sulfonamides is 1. The summed E-state index contributed by atoms with van der Waals surface area (Å²) < 4.78 is 125. The van der Waals surface area contributed by atoms with Crippen LogP contribution in [0.5, 0.6) is 0 Å². The summed E-state index contributed by atoms with van der Waals surface area (Å²) in [6.07, 6.45) is 3.08. The van der Waals surface area contributed by atoms with Crippen LogP contribution in [0.2, 0.25) is 0 Å². The van der Waals surface area contributed by atoms with E-state index in [2.05, 4.69) is 0 Å². The Balaban J connectivity index is 2.32. The summed E-state index contributed by atoms with van der Waals surface area (Å²) in [5, 5.41) is -12.5. The third-order valence-corrected chi connectivity index (χ3v) is 7.45. The van der Waals surface area contributed by atoms with Gasteiger partial charge in [0.05, 0.1) is 0 Å². The minimum atomic E-state index is -6.62. The van der Waals surface area contributed by atoms with E-state index in [1.54, 1.807) is 0 Å². The van der Waals surface area contributed by atoms with Gasteiger partial charge in [-0.25, -0.2) is 8.42 Å². The molecule has 5 nitrogen and oxygen atoms in total. The maximum Gasteiger partial charge on any atom is 0.428 e. The average Bonchev–Trinajstić information content (AvgIpc) is 2.53.